The first-order valence-corrected chi connectivity index (χ1v) is 9.97. The first-order chi connectivity index (χ1) is 12.4. The minimum absolute atomic E-state index is 0.0174. The number of nitrogens with two attached hydrogens (primary N) is 1. The maximum atomic E-state index is 12.9. The van der Waals surface area contributed by atoms with E-state index in [-0.39, 0.29) is 30.2 Å². The topological polar surface area (TPSA) is 58.8 Å². The van der Waals surface area contributed by atoms with Crippen LogP contribution in [0.4, 0.5) is 0 Å². The van der Waals surface area contributed by atoms with Gasteiger partial charge in [-0.25, -0.2) is 0 Å². The molecule has 2 N–H and O–H groups in total. The number of rotatable bonds is 4. The van der Waals surface area contributed by atoms with E-state index in [1.807, 2.05) is 24.0 Å². The predicted molar refractivity (Wildman–Crippen MR) is 104 cm³/mol. The van der Waals surface area contributed by atoms with E-state index in [0.717, 1.165) is 51.0 Å². The number of piperidine rings is 1. The Morgan fingerprint density at radius 2 is 1.85 bits per heavy atom. The van der Waals surface area contributed by atoms with E-state index in [4.69, 9.17) is 10.5 Å². The number of morpholine rings is 1. The number of hydrogen-bond donors (Lipinski definition) is 1. The van der Waals surface area contributed by atoms with Crippen LogP contribution in [-0.4, -0.2) is 59.6 Å². The third-order valence-corrected chi connectivity index (χ3v) is 5.52. The largest absolute Gasteiger partial charge is 0.373 e. The maximum Gasteiger partial charge on any atom is 0.254 e. The van der Waals surface area contributed by atoms with Crippen molar-refractivity contribution in [2.45, 2.75) is 70.9 Å². The highest BCUT2D eigenvalue weighted by molar-refractivity contribution is 5.94. The Labute approximate surface area is 157 Å². The summed E-state index contributed by atoms with van der Waals surface area (Å²) >= 11 is 0. The molecule has 0 saturated carbocycles. The lowest BCUT2D eigenvalue weighted by Crippen LogP contribution is -2.51. The molecule has 26 heavy (non-hydrogen) atoms. The molecule has 144 valence electrons. The molecule has 2 fully saturated rings. The van der Waals surface area contributed by atoms with Gasteiger partial charge in [-0.1, -0.05) is 12.1 Å². The molecule has 2 heterocycles. The van der Waals surface area contributed by atoms with E-state index >= 15 is 0 Å². The first-order valence-electron chi connectivity index (χ1n) is 9.97. The molecule has 0 bridgehead atoms. The third-order valence-electron chi connectivity index (χ3n) is 5.52. The summed E-state index contributed by atoms with van der Waals surface area (Å²) in [6.07, 6.45) is 3.78. The molecule has 0 radical (unpaired) electrons. The molecular formula is C21H33N3O2. The number of amides is 1. The average Bonchev–Trinajstić information content (AvgIpc) is 2.61. The highest BCUT2D eigenvalue weighted by Crippen LogP contribution is 2.22. The number of likely N-dealkylation sites (tertiary alicyclic amines) is 1. The van der Waals surface area contributed by atoms with Crippen LogP contribution in [-0.2, 0) is 11.3 Å². The van der Waals surface area contributed by atoms with Crippen LogP contribution in [0.1, 0.15) is 56.0 Å². The van der Waals surface area contributed by atoms with Crippen LogP contribution in [0, 0.1) is 0 Å². The van der Waals surface area contributed by atoms with Crippen LogP contribution in [0.5, 0.6) is 0 Å². The number of carbonyl (C=O) groups is 1. The summed E-state index contributed by atoms with van der Waals surface area (Å²) in [6.45, 7) is 9.87. The van der Waals surface area contributed by atoms with Gasteiger partial charge in [0.05, 0.1) is 12.2 Å². The molecule has 1 aromatic carbocycles. The lowest BCUT2D eigenvalue weighted by molar-refractivity contribution is -0.0704. The molecule has 5 heteroatoms. The zero-order chi connectivity index (χ0) is 18.7. The van der Waals surface area contributed by atoms with Crippen LogP contribution in [0.3, 0.4) is 0 Å². The average molecular weight is 360 g/mol. The van der Waals surface area contributed by atoms with Crippen LogP contribution in [0.15, 0.2) is 24.3 Å². The monoisotopic (exact) mass is 359 g/mol. The second-order valence-electron chi connectivity index (χ2n) is 8.07. The third kappa shape index (κ3) is 4.64. The van der Waals surface area contributed by atoms with Gasteiger partial charge in [-0.05, 0) is 57.7 Å². The summed E-state index contributed by atoms with van der Waals surface area (Å²) in [5.41, 5.74) is 8.12. The standard InChI is InChI=1S/C21H33N3O2/c1-15-12-23(13-16(2)26-15)14-18-7-9-19(10-8-18)21(25)24-11-5-4-6-20(24)17(3)22/h7-10,15-17,20H,4-6,11-14,22H2,1-3H3/t15-,16+,17-,20-/m1/s1. The van der Waals surface area contributed by atoms with Gasteiger partial charge in [0.2, 0.25) is 0 Å². The summed E-state index contributed by atoms with van der Waals surface area (Å²) in [6, 6.07) is 8.29. The van der Waals surface area contributed by atoms with Gasteiger partial charge >= 0.3 is 0 Å². The van der Waals surface area contributed by atoms with Gasteiger partial charge in [-0.3, -0.25) is 9.69 Å². The van der Waals surface area contributed by atoms with Gasteiger partial charge in [-0.2, -0.15) is 0 Å². The van der Waals surface area contributed by atoms with Gasteiger partial charge in [0.15, 0.2) is 0 Å². The molecule has 1 aromatic rings. The number of hydrogen-bond acceptors (Lipinski definition) is 4. The normalized spacial score (nSPS) is 28.8. The van der Waals surface area contributed by atoms with Gasteiger partial charge in [0.1, 0.15) is 0 Å². The van der Waals surface area contributed by atoms with E-state index < -0.39 is 0 Å². The lowest BCUT2D eigenvalue weighted by Gasteiger charge is -2.38. The molecule has 2 aliphatic heterocycles. The van der Waals surface area contributed by atoms with Crippen molar-refractivity contribution < 1.29 is 9.53 Å². The minimum atomic E-state index is 0.0174. The van der Waals surface area contributed by atoms with Crippen molar-refractivity contribution in [1.82, 2.24) is 9.80 Å². The Bertz CT molecular complexity index is 592. The minimum Gasteiger partial charge on any atom is -0.373 e. The van der Waals surface area contributed by atoms with E-state index in [9.17, 15) is 4.79 Å². The molecule has 0 aromatic heterocycles. The van der Waals surface area contributed by atoms with Crippen LogP contribution < -0.4 is 5.73 Å². The zero-order valence-electron chi connectivity index (χ0n) is 16.4. The predicted octanol–water partition coefficient (Wildman–Crippen LogP) is 2.64. The second kappa shape index (κ2) is 8.51. The van der Waals surface area contributed by atoms with Crippen molar-refractivity contribution in [3.05, 3.63) is 35.4 Å². The molecular weight excluding hydrogens is 326 g/mol. The summed E-state index contributed by atoms with van der Waals surface area (Å²) < 4.78 is 5.80. The molecule has 4 atom stereocenters. The highest BCUT2D eigenvalue weighted by atomic mass is 16.5. The van der Waals surface area contributed by atoms with Crippen molar-refractivity contribution in [3.8, 4) is 0 Å². The van der Waals surface area contributed by atoms with E-state index in [1.165, 1.54) is 5.56 Å². The molecule has 1 amide bonds. The van der Waals surface area contributed by atoms with E-state index in [1.54, 1.807) is 0 Å². The summed E-state index contributed by atoms with van der Waals surface area (Å²) in [4.78, 5) is 17.3. The van der Waals surface area contributed by atoms with Gasteiger partial charge in [0.25, 0.3) is 5.91 Å². The van der Waals surface area contributed by atoms with E-state index in [0.29, 0.717) is 0 Å². The molecule has 0 spiro atoms. The van der Waals surface area contributed by atoms with E-state index in [2.05, 4.69) is 30.9 Å². The van der Waals surface area contributed by atoms with Gasteiger partial charge in [-0.15, -0.1) is 0 Å². The molecule has 2 aliphatic rings. The Morgan fingerprint density at radius 1 is 1.19 bits per heavy atom. The summed E-state index contributed by atoms with van der Waals surface area (Å²) in [5.74, 6) is 0.118. The Kier molecular flexibility index (Phi) is 6.33. The molecule has 0 aliphatic carbocycles. The Balaban J connectivity index is 1.64. The highest BCUT2D eigenvalue weighted by Gasteiger charge is 2.29. The molecule has 0 unspecified atom stereocenters. The maximum absolute atomic E-state index is 12.9. The number of benzene rings is 1. The number of ether oxygens (including phenoxy) is 1. The van der Waals surface area contributed by atoms with Crippen LogP contribution in [0.2, 0.25) is 0 Å². The van der Waals surface area contributed by atoms with Gasteiger partial charge < -0.3 is 15.4 Å². The van der Waals surface area contributed by atoms with Crippen LogP contribution >= 0.6 is 0 Å². The molecule has 5 nitrogen and oxygen atoms in total. The van der Waals surface area contributed by atoms with Crippen molar-refractivity contribution in [3.63, 3.8) is 0 Å². The summed E-state index contributed by atoms with van der Waals surface area (Å²) in [7, 11) is 0. The van der Waals surface area contributed by atoms with Crippen LogP contribution in [0.25, 0.3) is 0 Å². The second-order valence-corrected chi connectivity index (χ2v) is 8.07. The van der Waals surface area contributed by atoms with Crippen molar-refractivity contribution in [2.24, 2.45) is 5.73 Å². The fourth-order valence-corrected chi connectivity index (χ4v) is 4.35. The van der Waals surface area contributed by atoms with Crippen molar-refractivity contribution >= 4 is 5.91 Å². The fraction of sp³-hybridized carbons (Fsp3) is 0.667. The summed E-state index contributed by atoms with van der Waals surface area (Å²) in [5, 5.41) is 0. The van der Waals surface area contributed by atoms with Gasteiger partial charge in [0, 0.05) is 43.8 Å². The smallest absolute Gasteiger partial charge is 0.254 e. The molecule has 2 saturated heterocycles. The van der Waals surface area contributed by atoms with Crippen molar-refractivity contribution in [1.29, 1.82) is 0 Å². The first kappa shape index (κ1) is 19.3. The number of carbonyl (C=O) groups excluding carboxylic acids is 1. The number of nitrogens with zero attached hydrogens (tertiary/aromatic N) is 2. The lowest BCUT2D eigenvalue weighted by atomic mass is 9.96. The fourth-order valence-electron chi connectivity index (χ4n) is 4.35. The zero-order valence-corrected chi connectivity index (χ0v) is 16.4. The SMILES string of the molecule is C[C@@H]1CN(Cc2ccc(C(=O)N3CCCC[C@@H]3[C@@H](C)N)cc2)C[C@H](C)O1. The quantitative estimate of drug-likeness (QED) is 0.898. The van der Waals surface area contributed by atoms with Crippen molar-refractivity contribution in [2.75, 3.05) is 19.6 Å². The molecule has 3 rings (SSSR count). The Morgan fingerprint density at radius 3 is 2.46 bits per heavy atom. The Hall–Kier alpha value is -1.43.